The number of ether oxygens (including phenoxy) is 2. The lowest BCUT2D eigenvalue weighted by Gasteiger charge is -2.31. The van der Waals surface area contributed by atoms with E-state index >= 15 is 0 Å². The van der Waals surface area contributed by atoms with E-state index in [4.69, 9.17) is 15.2 Å². The van der Waals surface area contributed by atoms with Crippen LogP contribution in [0.3, 0.4) is 0 Å². The topological polar surface area (TPSA) is 81.9 Å². The maximum Gasteiger partial charge on any atom is 0.243 e. The quantitative estimate of drug-likeness (QED) is 0.820. The van der Waals surface area contributed by atoms with Crippen LogP contribution in [0.15, 0.2) is 27.6 Å². The van der Waals surface area contributed by atoms with E-state index in [-0.39, 0.29) is 30.0 Å². The lowest BCUT2D eigenvalue weighted by Crippen LogP contribution is -2.48. The fourth-order valence-electron chi connectivity index (χ4n) is 2.01. The van der Waals surface area contributed by atoms with E-state index in [2.05, 4.69) is 15.9 Å². The Balaban J connectivity index is 0.00000220. The fourth-order valence-corrected chi connectivity index (χ4v) is 4.18. The molecule has 0 aliphatic carbocycles. The molecule has 2 N–H and O–H groups in total. The van der Waals surface area contributed by atoms with E-state index in [0.29, 0.717) is 29.9 Å². The predicted molar refractivity (Wildman–Crippen MR) is 85.5 cm³/mol. The van der Waals surface area contributed by atoms with Gasteiger partial charge in [-0.25, -0.2) is 8.42 Å². The average Bonchev–Trinajstić information content (AvgIpc) is 2.47. The van der Waals surface area contributed by atoms with Crippen LogP contribution in [0.5, 0.6) is 5.75 Å². The Hall–Kier alpha value is -0.380. The largest absolute Gasteiger partial charge is 0.496 e. The highest BCUT2D eigenvalue weighted by Gasteiger charge is 2.30. The summed E-state index contributed by atoms with van der Waals surface area (Å²) >= 11 is 3.30. The first-order valence-corrected chi connectivity index (χ1v) is 8.37. The van der Waals surface area contributed by atoms with Gasteiger partial charge in [0.2, 0.25) is 10.0 Å². The molecule has 1 fully saturated rings. The number of sulfonamides is 1. The van der Waals surface area contributed by atoms with Crippen molar-refractivity contribution in [2.45, 2.75) is 11.0 Å². The number of rotatable bonds is 4. The zero-order chi connectivity index (χ0) is 14.8. The molecular weight excluding hydrogens is 384 g/mol. The summed E-state index contributed by atoms with van der Waals surface area (Å²) in [5, 5.41) is 0. The van der Waals surface area contributed by atoms with Gasteiger partial charge in [-0.05, 0) is 34.1 Å². The van der Waals surface area contributed by atoms with Crippen molar-refractivity contribution in [3.8, 4) is 5.75 Å². The molecule has 0 spiro atoms. The molecule has 1 aromatic rings. The highest BCUT2D eigenvalue weighted by Crippen LogP contribution is 2.29. The van der Waals surface area contributed by atoms with Gasteiger partial charge in [-0.3, -0.25) is 0 Å². The number of methoxy groups -OCH3 is 1. The second-order valence-corrected chi connectivity index (χ2v) is 7.18. The summed E-state index contributed by atoms with van der Waals surface area (Å²) in [5.74, 6) is 0.589. The van der Waals surface area contributed by atoms with Crippen molar-refractivity contribution in [3.63, 3.8) is 0 Å². The Kier molecular flexibility index (Phi) is 6.89. The van der Waals surface area contributed by atoms with Gasteiger partial charge in [0.25, 0.3) is 0 Å². The third-order valence-corrected chi connectivity index (χ3v) is 5.61. The predicted octanol–water partition coefficient (Wildman–Crippen LogP) is 1.23. The Morgan fingerprint density at radius 1 is 1.52 bits per heavy atom. The Labute approximate surface area is 139 Å². The number of morpholine rings is 1. The minimum Gasteiger partial charge on any atom is -0.496 e. The molecule has 0 amide bonds. The maximum absolute atomic E-state index is 12.6. The van der Waals surface area contributed by atoms with Gasteiger partial charge in [-0.2, -0.15) is 4.31 Å². The van der Waals surface area contributed by atoms with Crippen LogP contribution in [0, 0.1) is 0 Å². The molecule has 0 saturated carbocycles. The number of nitrogens with zero attached hydrogens (tertiary/aromatic N) is 1. The molecule has 0 bridgehead atoms. The highest BCUT2D eigenvalue weighted by molar-refractivity contribution is 9.10. The van der Waals surface area contributed by atoms with Gasteiger partial charge < -0.3 is 15.2 Å². The van der Waals surface area contributed by atoms with Gasteiger partial charge in [0.15, 0.2) is 0 Å². The summed E-state index contributed by atoms with van der Waals surface area (Å²) in [6.45, 7) is 1.28. The Bertz CT molecular complexity index is 585. The molecule has 0 aromatic heterocycles. The van der Waals surface area contributed by atoms with Gasteiger partial charge in [-0.15, -0.1) is 12.4 Å². The first-order valence-electron chi connectivity index (χ1n) is 6.14. The van der Waals surface area contributed by atoms with Crippen LogP contribution in [0.2, 0.25) is 0 Å². The van der Waals surface area contributed by atoms with Crippen molar-refractivity contribution < 1.29 is 17.9 Å². The minimum atomic E-state index is -3.54. The molecule has 1 aliphatic rings. The fraction of sp³-hybridized carbons (Fsp3) is 0.500. The lowest BCUT2D eigenvalue weighted by molar-refractivity contribution is 0.00450. The highest BCUT2D eigenvalue weighted by atomic mass is 79.9. The minimum absolute atomic E-state index is 0. The second-order valence-electron chi connectivity index (χ2n) is 4.39. The molecule has 1 aromatic carbocycles. The first kappa shape index (κ1) is 18.7. The molecule has 120 valence electrons. The van der Waals surface area contributed by atoms with Crippen LogP contribution in [0.1, 0.15) is 0 Å². The van der Waals surface area contributed by atoms with Crippen LogP contribution in [-0.2, 0) is 14.8 Å². The molecule has 1 heterocycles. The molecule has 1 saturated heterocycles. The van der Waals surface area contributed by atoms with Crippen molar-refractivity contribution in [1.82, 2.24) is 4.31 Å². The number of hydrogen-bond donors (Lipinski definition) is 1. The van der Waals surface area contributed by atoms with Crippen LogP contribution in [-0.4, -0.2) is 52.2 Å². The van der Waals surface area contributed by atoms with Gasteiger partial charge in [0.1, 0.15) is 5.75 Å². The lowest BCUT2D eigenvalue weighted by atomic mass is 10.3. The van der Waals surface area contributed by atoms with Crippen molar-refractivity contribution in [2.24, 2.45) is 5.73 Å². The first-order chi connectivity index (χ1) is 9.48. The molecule has 1 atom stereocenters. The third kappa shape index (κ3) is 4.08. The van der Waals surface area contributed by atoms with Gasteiger partial charge in [0, 0.05) is 19.6 Å². The van der Waals surface area contributed by atoms with Crippen LogP contribution >= 0.6 is 28.3 Å². The van der Waals surface area contributed by atoms with Crippen molar-refractivity contribution in [3.05, 3.63) is 22.7 Å². The van der Waals surface area contributed by atoms with E-state index in [9.17, 15) is 8.42 Å². The molecule has 1 aliphatic heterocycles. The van der Waals surface area contributed by atoms with Gasteiger partial charge >= 0.3 is 0 Å². The molecule has 6 nitrogen and oxygen atoms in total. The van der Waals surface area contributed by atoms with E-state index in [0.717, 1.165) is 0 Å². The number of halogens is 2. The smallest absolute Gasteiger partial charge is 0.243 e. The summed E-state index contributed by atoms with van der Waals surface area (Å²) in [6.07, 6.45) is -0.250. The molecule has 9 heteroatoms. The summed E-state index contributed by atoms with van der Waals surface area (Å²) in [5.41, 5.74) is 5.54. The van der Waals surface area contributed by atoms with Crippen molar-refractivity contribution >= 4 is 38.4 Å². The van der Waals surface area contributed by atoms with E-state index in [1.165, 1.54) is 17.5 Å². The van der Waals surface area contributed by atoms with Crippen LogP contribution < -0.4 is 10.5 Å². The standard InChI is InChI=1S/C12H17BrN2O4S.ClH/c1-18-12-3-2-10(6-11(12)13)20(16,17)15-4-5-19-9(7-14)8-15;/h2-3,6,9H,4-5,7-8,14H2,1H3;1H. The Morgan fingerprint density at radius 3 is 2.81 bits per heavy atom. The van der Waals surface area contributed by atoms with Gasteiger partial charge in [0.05, 0.1) is 29.2 Å². The number of nitrogens with two attached hydrogens (primary N) is 1. The summed E-state index contributed by atoms with van der Waals surface area (Å²) in [6, 6.07) is 4.70. The number of benzene rings is 1. The third-order valence-electron chi connectivity index (χ3n) is 3.13. The SMILES string of the molecule is COc1ccc(S(=O)(=O)N2CCOC(CN)C2)cc1Br.Cl. The second kappa shape index (κ2) is 7.75. The van der Waals surface area contributed by atoms with Crippen molar-refractivity contribution in [1.29, 1.82) is 0 Å². The average molecular weight is 402 g/mol. The summed E-state index contributed by atoms with van der Waals surface area (Å²) in [4.78, 5) is 0.225. The Morgan fingerprint density at radius 2 is 2.24 bits per heavy atom. The van der Waals surface area contributed by atoms with E-state index in [1.807, 2.05) is 0 Å². The van der Waals surface area contributed by atoms with Crippen LogP contribution in [0.4, 0.5) is 0 Å². The van der Waals surface area contributed by atoms with Crippen molar-refractivity contribution in [2.75, 3.05) is 33.4 Å². The maximum atomic E-state index is 12.6. The molecule has 21 heavy (non-hydrogen) atoms. The zero-order valence-electron chi connectivity index (χ0n) is 11.5. The molecule has 0 radical (unpaired) electrons. The normalized spacial score (nSPS) is 19.9. The van der Waals surface area contributed by atoms with Crippen LogP contribution in [0.25, 0.3) is 0 Å². The van der Waals surface area contributed by atoms with E-state index in [1.54, 1.807) is 12.1 Å². The summed E-state index contributed by atoms with van der Waals surface area (Å²) in [7, 11) is -2.01. The molecule has 2 rings (SSSR count). The monoisotopic (exact) mass is 400 g/mol. The van der Waals surface area contributed by atoms with E-state index < -0.39 is 10.0 Å². The molecule has 1 unspecified atom stereocenters. The van der Waals surface area contributed by atoms with Gasteiger partial charge in [-0.1, -0.05) is 0 Å². The summed E-state index contributed by atoms with van der Waals surface area (Å²) < 4.78 is 37.6. The number of hydrogen-bond acceptors (Lipinski definition) is 5. The molecular formula is C12H18BrClN2O4S. The zero-order valence-corrected chi connectivity index (χ0v) is 14.7.